The molecule has 8 heteroatoms. The SMILES string of the molecule is Cc1ncc(-n2c(=O)n(CC(O)CN3CCc4ccccc4C3)c(=O)c3ccccc32)cn1. The summed E-state index contributed by atoms with van der Waals surface area (Å²) in [4.78, 5) is 37.2. The average molecular weight is 444 g/mol. The van der Waals surface area contributed by atoms with Crippen molar-refractivity contribution in [2.45, 2.75) is 32.5 Å². The zero-order chi connectivity index (χ0) is 22.9. The second kappa shape index (κ2) is 8.73. The Kier molecular flexibility index (Phi) is 5.62. The summed E-state index contributed by atoms with van der Waals surface area (Å²) in [5, 5.41) is 11.2. The van der Waals surface area contributed by atoms with Crippen molar-refractivity contribution < 1.29 is 5.11 Å². The Labute approximate surface area is 190 Å². The van der Waals surface area contributed by atoms with Crippen molar-refractivity contribution in [1.82, 2.24) is 24.0 Å². The van der Waals surface area contributed by atoms with E-state index in [0.29, 0.717) is 29.0 Å². The van der Waals surface area contributed by atoms with Crippen LogP contribution in [0.3, 0.4) is 0 Å². The Morgan fingerprint density at radius 2 is 1.67 bits per heavy atom. The van der Waals surface area contributed by atoms with Crippen LogP contribution in [-0.2, 0) is 19.5 Å². The van der Waals surface area contributed by atoms with Gasteiger partial charge in [-0.25, -0.2) is 14.8 Å². The van der Waals surface area contributed by atoms with Crippen LogP contribution in [-0.4, -0.2) is 48.3 Å². The van der Waals surface area contributed by atoms with Gasteiger partial charge in [-0.3, -0.25) is 18.8 Å². The first-order chi connectivity index (χ1) is 16.0. The summed E-state index contributed by atoms with van der Waals surface area (Å²) < 4.78 is 2.55. The van der Waals surface area contributed by atoms with Crippen LogP contribution in [0.5, 0.6) is 0 Å². The predicted octanol–water partition coefficient (Wildman–Crippen LogP) is 1.67. The zero-order valence-electron chi connectivity index (χ0n) is 18.4. The molecule has 5 rings (SSSR count). The van der Waals surface area contributed by atoms with Crippen LogP contribution in [0.4, 0.5) is 0 Å². The van der Waals surface area contributed by atoms with Gasteiger partial charge in [-0.1, -0.05) is 36.4 Å². The second-order valence-corrected chi connectivity index (χ2v) is 8.45. The molecule has 0 amide bonds. The molecule has 2 aromatic carbocycles. The van der Waals surface area contributed by atoms with E-state index in [-0.39, 0.29) is 6.54 Å². The lowest BCUT2D eigenvalue weighted by atomic mass is 10.00. The van der Waals surface area contributed by atoms with E-state index in [1.807, 2.05) is 12.1 Å². The lowest BCUT2D eigenvalue weighted by Crippen LogP contribution is -2.45. The van der Waals surface area contributed by atoms with Gasteiger partial charge in [-0.15, -0.1) is 0 Å². The van der Waals surface area contributed by atoms with Crippen LogP contribution in [0.2, 0.25) is 0 Å². The number of aromatic nitrogens is 4. The Morgan fingerprint density at radius 3 is 2.45 bits per heavy atom. The number of benzene rings is 2. The first-order valence-electron chi connectivity index (χ1n) is 11.0. The van der Waals surface area contributed by atoms with Crippen LogP contribution in [0, 0.1) is 6.92 Å². The Hall–Kier alpha value is -3.62. The number of rotatable bonds is 5. The number of aliphatic hydroxyl groups is 1. The molecular weight excluding hydrogens is 418 g/mol. The number of aliphatic hydroxyl groups excluding tert-OH is 1. The van der Waals surface area contributed by atoms with E-state index in [2.05, 4.69) is 27.0 Å². The van der Waals surface area contributed by atoms with Gasteiger partial charge in [0, 0.05) is 19.6 Å². The summed E-state index contributed by atoms with van der Waals surface area (Å²) in [6.45, 7) is 3.62. The summed E-state index contributed by atoms with van der Waals surface area (Å²) in [5.41, 5.74) is 2.60. The minimum absolute atomic E-state index is 0.0899. The van der Waals surface area contributed by atoms with Gasteiger partial charge in [0.25, 0.3) is 5.56 Å². The number of fused-ring (bicyclic) bond motifs is 2. The molecule has 0 aliphatic carbocycles. The first-order valence-corrected chi connectivity index (χ1v) is 11.0. The molecule has 8 nitrogen and oxygen atoms in total. The maximum Gasteiger partial charge on any atom is 0.336 e. The van der Waals surface area contributed by atoms with Gasteiger partial charge in [-0.05, 0) is 36.6 Å². The summed E-state index contributed by atoms with van der Waals surface area (Å²) in [6.07, 6.45) is 3.17. The molecule has 2 aromatic heterocycles. The van der Waals surface area contributed by atoms with Crippen molar-refractivity contribution in [1.29, 1.82) is 0 Å². The Balaban J connectivity index is 1.48. The van der Waals surface area contributed by atoms with Crippen molar-refractivity contribution in [3.63, 3.8) is 0 Å². The summed E-state index contributed by atoms with van der Waals surface area (Å²) >= 11 is 0. The van der Waals surface area contributed by atoms with E-state index < -0.39 is 17.4 Å². The van der Waals surface area contributed by atoms with Crippen molar-refractivity contribution in [3.8, 4) is 5.69 Å². The van der Waals surface area contributed by atoms with E-state index >= 15 is 0 Å². The van der Waals surface area contributed by atoms with Crippen molar-refractivity contribution in [3.05, 3.63) is 98.7 Å². The predicted molar refractivity (Wildman–Crippen MR) is 126 cm³/mol. The molecule has 1 atom stereocenters. The fourth-order valence-electron chi connectivity index (χ4n) is 4.49. The fourth-order valence-corrected chi connectivity index (χ4v) is 4.49. The highest BCUT2D eigenvalue weighted by Crippen LogP contribution is 2.19. The number of nitrogens with zero attached hydrogens (tertiary/aromatic N) is 5. The van der Waals surface area contributed by atoms with E-state index in [9.17, 15) is 14.7 Å². The quantitative estimate of drug-likeness (QED) is 0.504. The topological polar surface area (TPSA) is 93.2 Å². The molecular formula is C25H25N5O3. The molecule has 0 radical (unpaired) electrons. The third-order valence-corrected chi connectivity index (χ3v) is 6.14. The third kappa shape index (κ3) is 4.10. The highest BCUT2D eigenvalue weighted by molar-refractivity contribution is 5.79. The van der Waals surface area contributed by atoms with Crippen LogP contribution < -0.4 is 11.2 Å². The van der Waals surface area contributed by atoms with Crippen molar-refractivity contribution >= 4 is 10.9 Å². The molecule has 0 spiro atoms. The summed E-state index contributed by atoms with van der Waals surface area (Å²) in [6, 6.07) is 15.2. The molecule has 0 fully saturated rings. The lowest BCUT2D eigenvalue weighted by Gasteiger charge is -2.30. The van der Waals surface area contributed by atoms with Gasteiger partial charge >= 0.3 is 5.69 Å². The second-order valence-electron chi connectivity index (χ2n) is 8.45. The third-order valence-electron chi connectivity index (χ3n) is 6.14. The Morgan fingerprint density at radius 1 is 0.970 bits per heavy atom. The minimum atomic E-state index is -0.871. The molecule has 4 aromatic rings. The summed E-state index contributed by atoms with van der Waals surface area (Å²) in [5.74, 6) is 0.586. The molecule has 1 N–H and O–H groups in total. The lowest BCUT2D eigenvalue weighted by molar-refractivity contribution is 0.0899. The molecule has 0 saturated carbocycles. The van der Waals surface area contributed by atoms with Gasteiger partial charge < -0.3 is 5.11 Å². The van der Waals surface area contributed by atoms with Gasteiger partial charge in [0.1, 0.15) is 5.82 Å². The molecule has 33 heavy (non-hydrogen) atoms. The monoisotopic (exact) mass is 443 g/mol. The molecule has 1 unspecified atom stereocenters. The fraction of sp³-hybridized carbons (Fsp3) is 0.280. The minimum Gasteiger partial charge on any atom is -0.390 e. The molecule has 1 aliphatic heterocycles. The largest absolute Gasteiger partial charge is 0.390 e. The number of para-hydroxylation sites is 1. The maximum atomic E-state index is 13.4. The van der Waals surface area contributed by atoms with Crippen molar-refractivity contribution in [2.24, 2.45) is 0 Å². The maximum absolute atomic E-state index is 13.4. The number of β-amino-alcohol motifs (C(OH)–C–C–N with tert-alkyl or cyclic N) is 1. The molecule has 168 valence electrons. The van der Waals surface area contributed by atoms with Gasteiger partial charge in [0.05, 0.1) is 41.6 Å². The van der Waals surface area contributed by atoms with E-state index in [1.54, 1.807) is 43.6 Å². The molecule has 3 heterocycles. The van der Waals surface area contributed by atoms with E-state index in [1.165, 1.54) is 15.7 Å². The molecule has 0 bridgehead atoms. The highest BCUT2D eigenvalue weighted by Gasteiger charge is 2.21. The standard InChI is InChI=1S/C25H25N5O3/c1-17-26-12-20(13-27-17)30-23-9-5-4-8-22(23)24(32)29(25(30)33)16-21(31)15-28-11-10-18-6-2-3-7-19(18)14-28/h2-9,12-13,21,31H,10-11,14-16H2,1H3. The van der Waals surface area contributed by atoms with Crippen molar-refractivity contribution in [2.75, 3.05) is 13.1 Å². The Bertz CT molecular complexity index is 1420. The van der Waals surface area contributed by atoms with Crippen LogP contribution in [0.1, 0.15) is 17.0 Å². The zero-order valence-corrected chi connectivity index (χ0v) is 18.4. The van der Waals surface area contributed by atoms with Gasteiger partial charge in [0.2, 0.25) is 0 Å². The van der Waals surface area contributed by atoms with Crippen LogP contribution in [0.15, 0.2) is 70.5 Å². The molecule has 1 aliphatic rings. The molecule has 0 saturated heterocycles. The summed E-state index contributed by atoms with van der Waals surface area (Å²) in [7, 11) is 0. The number of aryl methyl sites for hydroxylation is 1. The van der Waals surface area contributed by atoms with Crippen LogP contribution in [0.25, 0.3) is 16.6 Å². The number of hydrogen-bond donors (Lipinski definition) is 1. The van der Waals surface area contributed by atoms with Gasteiger partial charge in [0.15, 0.2) is 0 Å². The van der Waals surface area contributed by atoms with Crippen LogP contribution >= 0.6 is 0 Å². The smallest absolute Gasteiger partial charge is 0.336 e. The van der Waals surface area contributed by atoms with Gasteiger partial charge in [-0.2, -0.15) is 0 Å². The normalized spacial score (nSPS) is 14.8. The highest BCUT2D eigenvalue weighted by atomic mass is 16.3. The first kappa shape index (κ1) is 21.2. The number of hydrogen-bond acceptors (Lipinski definition) is 6. The van der Waals surface area contributed by atoms with E-state index in [0.717, 1.165) is 24.1 Å². The van der Waals surface area contributed by atoms with E-state index in [4.69, 9.17) is 0 Å². The average Bonchev–Trinajstić information content (AvgIpc) is 2.83.